The van der Waals surface area contributed by atoms with Crippen LogP contribution in [0.25, 0.3) is 0 Å². The number of hydrogen-bond acceptors (Lipinski definition) is 4. The summed E-state index contributed by atoms with van der Waals surface area (Å²) >= 11 is 0. The Balaban J connectivity index is 1.94. The first-order chi connectivity index (χ1) is 5.86. The Labute approximate surface area is 71.5 Å². The molecule has 1 atom stereocenters. The van der Waals surface area contributed by atoms with Crippen LogP contribution in [0.5, 0.6) is 0 Å². The zero-order valence-corrected chi connectivity index (χ0v) is 6.86. The largest absolute Gasteiger partial charge is 0.347 e. The van der Waals surface area contributed by atoms with Crippen LogP contribution in [0, 0.1) is 0 Å². The first kappa shape index (κ1) is 7.70. The summed E-state index contributed by atoms with van der Waals surface area (Å²) in [6, 6.07) is 0.267. The van der Waals surface area contributed by atoms with Crippen LogP contribution in [-0.2, 0) is 4.84 Å². The molecule has 2 rings (SSSR count). The Hall–Kier alpha value is -0.940. The number of nitrogens with two attached hydrogens (primary N) is 1. The molecule has 2 heterocycles. The van der Waals surface area contributed by atoms with E-state index in [2.05, 4.69) is 15.9 Å². The molecule has 0 amide bonds. The summed E-state index contributed by atoms with van der Waals surface area (Å²) in [5.74, 6) is 0.783. The van der Waals surface area contributed by atoms with Gasteiger partial charge in [0.2, 0.25) is 5.88 Å². The number of rotatable bonds is 1. The molecule has 0 saturated carbocycles. The van der Waals surface area contributed by atoms with E-state index in [0.29, 0.717) is 0 Å². The van der Waals surface area contributed by atoms with Crippen molar-refractivity contribution >= 4 is 0 Å². The fraction of sp³-hybridized carbons (Fsp3) is 0.714. The summed E-state index contributed by atoms with van der Waals surface area (Å²) < 4.78 is 0. The Morgan fingerprint density at radius 1 is 1.75 bits per heavy atom. The molecule has 1 fully saturated rings. The van der Waals surface area contributed by atoms with E-state index in [1.165, 1.54) is 0 Å². The summed E-state index contributed by atoms with van der Waals surface area (Å²) in [5, 5.41) is 0. The van der Waals surface area contributed by atoms with Crippen molar-refractivity contribution in [2.24, 2.45) is 5.73 Å². The zero-order valence-electron chi connectivity index (χ0n) is 6.86. The third-order valence-electron chi connectivity index (χ3n) is 2.15. The minimum Gasteiger partial charge on any atom is -0.347 e. The van der Waals surface area contributed by atoms with Gasteiger partial charge < -0.3 is 15.5 Å². The summed E-state index contributed by atoms with van der Waals surface area (Å²) in [4.78, 5) is 7.09. The molecule has 1 unspecified atom stereocenters. The van der Waals surface area contributed by atoms with Crippen LogP contribution >= 0.6 is 0 Å². The van der Waals surface area contributed by atoms with Gasteiger partial charge in [0.1, 0.15) is 0 Å². The van der Waals surface area contributed by atoms with Gasteiger partial charge in [0.25, 0.3) is 0 Å². The molecule has 3 N–H and O–H groups in total. The quantitative estimate of drug-likeness (QED) is 0.543. The van der Waals surface area contributed by atoms with Gasteiger partial charge in [-0.2, -0.15) is 0 Å². The zero-order chi connectivity index (χ0) is 8.39. The lowest BCUT2D eigenvalue weighted by Crippen LogP contribution is -2.42. The van der Waals surface area contributed by atoms with Crippen molar-refractivity contribution < 1.29 is 4.84 Å². The maximum atomic E-state index is 5.82. The van der Waals surface area contributed by atoms with Crippen LogP contribution < -0.4 is 16.7 Å². The average molecular weight is 169 g/mol. The second-order valence-corrected chi connectivity index (χ2v) is 3.14. The van der Waals surface area contributed by atoms with E-state index in [4.69, 9.17) is 10.6 Å². The molecule has 2 aliphatic heterocycles. The van der Waals surface area contributed by atoms with Gasteiger partial charge in [-0.1, -0.05) is 0 Å². The van der Waals surface area contributed by atoms with Gasteiger partial charge in [-0.3, -0.25) is 5.43 Å². The van der Waals surface area contributed by atoms with E-state index in [1.54, 1.807) is 6.20 Å². The van der Waals surface area contributed by atoms with Gasteiger partial charge in [0.15, 0.2) is 0 Å². The predicted octanol–water partition coefficient (Wildman–Crippen LogP) is -0.737. The number of likely N-dealkylation sites (tertiary alicyclic amines) is 1. The van der Waals surface area contributed by atoms with E-state index >= 15 is 0 Å². The van der Waals surface area contributed by atoms with Gasteiger partial charge in [-0.15, -0.1) is 0 Å². The van der Waals surface area contributed by atoms with E-state index in [1.807, 2.05) is 0 Å². The van der Waals surface area contributed by atoms with Crippen molar-refractivity contribution in [1.29, 1.82) is 0 Å². The molecule has 0 aromatic heterocycles. The third-order valence-corrected chi connectivity index (χ3v) is 2.15. The van der Waals surface area contributed by atoms with E-state index < -0.39 is 0 Å². The number of piperidine rings is 1. The van der Waals surface area contributed by atoms with E-state index in [0.717, 1.165) is 31.8 Å². The molecule has 1 radical (unpaired) electrons. The molecular formula is C7H13N4O. The van der Waals surface area contributed by atoms with E-state index in [-0.39, 0.29) is 6.04 Å². The fourth-order valence-electron chi connectivity index (χ4n) is 1.54. The number of hydrogen-bond donors (Lipinski definition) is 2. The third kappa shape index (κ3) is 1.46. The van der Waals surface area contributed by atoms with Gasteiger partial charge in [-0.25, -0.2) is 0 Å². The molecule has 0 aliphatic carbocycles. The van der Waals surface area contributed by atoms with Crippen molar-refractivity contribution in [3.63, 3.8) is 0 Å². The maximum absolute atomic E-state index is 5.82. The molecule has 5 heteroatoms. The number of nitrogens with one attached hydrogen (secondary N) is 1. The molecule has 67 valence electrons. The minimum atomic E-state index is 0.267. The summed E-state index contributed by atoms with van der Waals surface area (Å²) in [6.07, 6.45) is 3.98. The molecule has 2 aliphatic rings. The van der Waals surface area contributed by atoms with Crippen LogP contribution in [0.15, 0.2) is 12.1 Å². The molecule has 0 bridgehead atoms. The van der Waals surface area contributed by atoms with Crippen molar-refractivity contribution in [2.45, 2.75) is 18.9 Å². The lowest BCUT2D eigenvalue weighted by molar-refractivity contribution is 0.0353. The normalized spacial score (nSPS) is 29.2. The highest BCUT2D eigenvalue weighted by Gasteiger charge is 2.22. The summed E-state index contributed by atoms with van der Waals surface area (Å²) in [5.41, 5.74) is 12.0. The highest BCUT2D eigenvalue weighted by molar-refractivity contribution is 4.95. The van der Waals surface area contributed by atoms with Gasteiger partial charge >= 0.3 is 0 Å². The first-order valence-electron chi connectivity index (χ1n) is 4.19. The van der Waals surface area contributed by atoms with Crippen LogP contribution in [0.1, 0.15) is 12.8 Å². The molecule has 0 spiro atoms. The molecule has 0 aromatic rings. The molecular weight excluding hydrogens is 156 g/mol. The van der Waals surface area contributed by atoms with Crippen LogP contribution in [0.3, 0.4) is 0 Å². The van der Waals surface area contributed by atoms with Crippen LogP contribution in [0.2, 0.25) is 0 Å². The molecule has 1 saturated heterocycles. The Morgan fingerprint density at radius 2 is 2.67 bits per heavy atom. The van der Waals surface area contributed by atoms with Crippen molar-refractivity contribution in [3.8, 4) is 0 Å². The van der Waals surface area contributed by atoms with Crippen molar-refractivity contribution in [3.05, 3.63) is 12.1 Å². The fourth-order valence-corrected chi connectivity index (χ4v) is 1.54. The van der Waals surface area contributed by atoms with Crippen molar-refractivity contribution in [1.82, 2.24) is 15.9 Å². The standard InChI is InChI=1S/C7H13N4O/c8-6-2-1-3-11(5-6)7-4-9-10-12-7/h4,6,9H,1-3,5,8H2. The first-order valence-corrected chi connectivity index (χ1v) is 4.19. The molecule has 12 heavy (non-hydrogen) atoms. The van der Waals surface area contributed by atoms with Crippen LogP contribution in [0.4, 0.5) is 0 Å². The highest BCUT2D eigenvalue weighted by Crippen LogP contribution is 2.15. The summed E-state index contributed by atoms with van der Waals surface area (Å²) in [6.45, 7) is 1.87. The van der Waals surface area contributed by atoms with Crippen LogP contribution in [-0.4, -0.2) is 24.0 Å². The topological polar surface area (TPSA) is 64.6 Å². The molecule has 5 nitrogen and oxygen atoms in total. The Bertz CT molecular complexity index is 194. The highest BCUT2D eigenvalue weighted by atomic mass is 16.7. The van der Waals surface area contributed by atoms with E-state index in [9.17, 15) is 0 Å². The Morgan fingerprint density at radius 3 is 3.33 bits per heavy atom. The van der Waals surface area contributed by atoms with Gasteiger partial charge in [0.05, 0.1) is 11.8 Å². The molecule has 0 aromatic carbocycles. The van der Waals surface area contributed by atoms with Gasteiger partial charge in [0, 0.05) is 19.1 Å². The number of nitrogens with zero attached hydrogens (tertiary/aromatic N) is 2. The second kappa shape index (κ2) is 3.20. The summed E-state index contributed by atoms with van der Waals surface area (Å²) in [7, 11) is 0. The lowest BCUT2D eigenvalue weighted by Gasteiger charge is -2.31. The SMILES string of the molecule is NC1CCCN(C2=CN[N]O2)C1. The average Bonchev–Trinajstić information content (AvgIpc) is 2.56. The lowest BCUT2D eigenvalue weighted by atomic mass is 10.1. The second-order valence-electron chi connectivity index (χ2n) is 3.14. The Kier molecular flexibility index (Phi) is 2.05. The smallest absolute Gasteiger partial charge is 0.236 e. The van der Waals surface area contributed by atoms with Crippen molar-refractivity contribution in [2.75, 3.05) is 13.1 Å². The maximum Gasteiger partial charge on any atom is 0.236 e. The monoisotopic (exact) mass is 169 g/mol. The predicted molar refractivity (Wildman–Crippen MR) is 43.2 cm³/mol. The van der Waals surface area contributed by atoms with Gasteiger partial charge in [-0.05, 0) is 12.8 Å². The minimum absolute atomic E-state index is 0.267.